The molecule has 17 heavy (non-hydrogen) atoms. The summed E-state index contributed by atoms with van der Waals surface area (Å²) in [6.07, 6.45) is 1.71. The Hall–Kier alpha value is -1.75. The summed E-state index contributed by atoms with van der Waals surface area (Å²) in [6, 6.07) is 7.69. The van der Waals surface area contributed by atoms with Crippen LogP contribution < -0.4 is 0 Å². The summed E-state index contributed by atoms with van der Waals surface area (Å²) >= 11 is 3.26. The first-order valence-corrected chi connectivity index (χ1v) is 5.88. The molecule has 0 aliphatic heterocycles. The second-order valence-corrected chi connectivity index (χ2v) is 4.34. The van der Waals surface area contributed by atoms with Crippen LogP contribution in [0, 0.1) is 6.92 Å². The van der Waals surface area contributed by atoms with Gasteiger partial charge < -0.3 is 4.42 Å². The second kappa shape index (κ2) is 3.92. The van der Waals surface area contributed by atoms with E-state index in [1.807, 2.05) is 31.2 Å². The number of benzene rings is 1. The summed E-state index contributed by atoms with van der Waals surface area (Å²) in [4.78, 5) is 12.6. The van der Waals surface area contributed by atoms with Gasteiger partial charge in [0.2, 0.25) is 0 Å². The van der Waals surface area contributed by atoms with Crippen molar-refractivity contribution in [3.8, 4) is 11.3 Å². The van der Waals surface area contributed by atoms with E-state index in [-0.39, 0.29) is 0 Å². The van der Waals surface area contributed by atoms with Crippen molar-refractivity contribution in [1.82, 2.24) is 15.0 Å². The van der Waals surface area contributed by atoms with E-state index in [0.29, 0.717) is 10.6 Å². The van der Waals surface area contributed by atoms with Crippen LogP contribution in [0.2, 0.25) is 0 Å². The van der Waals surface area contributed by atoms with E-state index in [1.54, 1.807) is 6.20 Å². The highest BCUT2D eigenvalue weighted by molar-refractivity contribution is 9.10. The molecule has 0 saturated heterocycles. The van der Waals surface area contributed by atoms with Gasteiger partial charge in [-0.05, 0) is 34.1 Å². The van der Waals surface area contributed by atoms with Gasteiger partial charge in [-0.2, -0.15) is 0 Å². The Bertz CT molecular complexity index is 693. The molecule has 2 aromatic heterocycles. The molecule has 0 spiro atoms. The Morgan fingerprint density at radius 3 is 2.88 bits per heavy atom. The molecule has 0 N–H and O–H groups in total. The molecule has 0 unspecified atom stereocenters. The molecule has 0 saturated carbocycles. The van der Waals surface area contributed by atoms with Gasteiger partial charge in [0.15, 0.2) is 16.2 Å². The number of nitrogens with zero attached hydrogens (tertiary/aromatic N) is 3. The van der Waals surface area contributed by atoms with E-state index in [4.69, 9.17) is 4.42 Å². The Morgan fingerprint density at radius 1 is 1.18 bits per heavy atom. The lowest BCUT2D eigenvalue weighted by Crippen LogP contribution is -1.86. The van der Waals surface area contributed by atoms with Gasteiger partial charge in [-0.1, -0.05) is 6.07 Å². The maximum atomic E-state index is 5.49. The average molecular weight is 290 g/mol. The smallest absolute Gasteiger partial charge is 0.197 e. The minimum absolute atomic E-state index is 0.573. The third-order valence-corrected chi connectivity index (χ3v) is 2.80. The third-order valence-electron chi connectivity index (χ3n) is 2.42. The minimum atomic E-state index is 0.573. The summed E-state index contributed by atoms with van der Waals surface area (Å²) in [5.41, 5.74) is 3.47. The molecule has 0 bridgehead atoms. The lowest BCUT2D eigenvalue weighted by atomic mass is 10.1. The van der Waals surface area contributed by atoms with Crippen molar-refractivity contribution in [3.63, 3.8) is 0 Å². The Kier molecular flexibility index (Phi) is 2.40. The van der Waals surface area contributed by atoms with E-state index < -0.39 is 0 Å². The van der Waals surface area contributed by atoms with Gasteiger partial charge in [-0.3, -0.25) is 0 Å². The molecular formula is C12H8BrN3O. The van der Waals surface area contributed by atoms with E-state index in [9.17, 15) is 0 Å². The topological polar surface area (TPSA) is 51.8 Å². The number of halogens is 1. The molecule has 0 amide bonds. The molecule has 84 valence electrons. The Morgan fingerprint density at radius 2 is 2.06 bits per heavy atom. The van der Waals surface area contributed by atoms with Crippen LogP contribution in [0.25, 0.3) is 22.4 Å². The molecule has 0 radical (unpaired) electrons. The van der Waals surface area contributed by atoms with Crippen LogP contribution in [-0.2, 0) is 0 Å². The number of aromatic nitrogens is 3. The number of fused-ring (bicyclic) bond motifs is 1. The van der Waals surface area contributed by atoms with Crippen molar-refractivity contribution in [2.45, 2.75) is 6.92 Å². The van der Waals surface area contributed by atoms with Crippen molar-refractivity contribution >= 4 is 27.0 Å². The highest BCUT2D eigenvalue weighted by Gasteiger charge is 2.06. The molecular weight excluding hydrogens is 282 g/mol. The first kappa shape index (κ1) is 10.4. The Balaban J connectivity index is 2.17. The van der Waals surface area contributed by atoms with E-state index in [1.165, 1.54) is 0 Å². The average Bonchev–Trinajstić information content (AvgIpc) is 2.68. The van der Waals surface area contributed by atoms with Crippen LogP contribution in [0.4, 0.5) is 0 Å². The number of oxazole rings is 1. The van der Waals surface area contributed by atoms with Crippen molar-refractivity contribution < 1.29 is 4.42 Å². The van der Waals surface area contributed by atoms with Crippen LogP contribution >= 0.6 is 15.9 Å². The van der Waals surface area contributed by atoms with Crippen molar-refractivity contribution in [3.05, 3.63) is 41.1 Å². The van der Waals surface area contributed by atoms with E-state index in [0.717, 1.165) is 22.4 Å². The van der Waals surface area contributed by atoms with Gasteiger partial charge in [0, 0.05) is 18.7 Å². The maximum Gasteiger partial charge on any atom is 0.197 e. The van der Waals surface area contributed by atoms with Crippen LogP contribution in [0.15, 0.2) is 39.6 Å². The van der Waals surface area contributed by atoms with Gasteiger partial charge in [-0.15, -0.1) is 0 Å². The molecule has 3 rings (SSSR count). The molecule has 0 fully saturated rings. The zero-order chi connectivity index (χ0) is 11.8. The summed E-state index contributed by atoms with van der Waals surface area (Å²) in [5.74, 6) is 0.668. The summed E-state index contributed by atoms with van der Waals surface area (Å²) in [5, 5.41) is 0. The molecule has 0 aliphatic rings. The van der Waals surface area contributed by atoms with E-state index >= 15 is 0 Å². The van der Waals surface area contributed by atoms with Crippen molar-refractivity contribution in [2.75, 3.05) is 0 Å². The molecule has 2 heterocycles. The fourth-order valence-electron chi connectivity index (χ4n) is 1.69. The summed E-state index contributed by atoms with van der Waals surface area (Å²) < 4.78 is 6.07. The molecule has 0 atom stereocenters. The number of aryl methyl sites for hydroxylation is 1. The van der Waals surface area contributed by atoms with Gasteiger partial charge in [0.05, 0.1) is 5.69 Å². The third kappa shape index (κ3) is 1.93. The Labute approximate surface area is 106 Å². The van der Waals surface area contributed by atoms with Gasteiger partial charge in [0.25, 0.3) is 0 Å². The van der Waals surface area contributed by atoms with Crippen LogP contribution in [0.5, 0.6) is 0 Å². The SMILES string of the molecule is Cc1nc2ccc(-c3ccnc(Br)n3)cc2o1. The molecule has 4 nitrogen and oxygen atoms in total. The zero-order valence-corrected chi connectivity index (χ0v) is 10.6. The highest BCUT2D eigenvalue weighted by Crippen LogP contribution is 2.23. The highest BCUT2D eigenvalue weighted by atomic mass is 79.9. The number of hydrogen-bond donors (Lipinski definition) is 0. The summed E-state index contributed by atoms with van der Waals surface area (Å²) in [6.45, 7) is 1.83. The predicted molar refractivity (Wildman–Crippen MR) is 67.5 cm³/mol. The zero-order valence-electron chi connectivity index (χ0n) is 9.01. The quantitative estimate of drug-likeness (QED) is 0.645. The first-order chi connectivity index (χ1) is 8.22. The van der Waals surface area contributed by atoms with E-state index in [2.05, 4.69) is 30.9 Å². The second-order valence-electron chi connectivity index (χ2n) is 3.63. The monoisotopic (exact) mass is 289 g/mol. The molecule has 0 aliphatic carbocycles. The van der Waals surface area contributed by atoms with Crippen molar-refractivity contribution in [1.29, 1.82) is 0 Å². The largest absolute Gasteiger partial charge is 0.441 e. The summed E-state index contributed by atoms with van der Waals surface area (Å²) in [7, 11) is 0. The number of rotatable bonds is 1. The fourth-order valence-corrected chi connectivity index (χ4v) is 2.00. The van der Waals surface area contributed by atoms with Crippen LogP contribution in [0.1, 0.15) is 5.89 Å². The number of hydrogen-bond acceptors (Lipinski definition) is 4. The molecule has 1 aromatic carbocycles. The standard InChI is InChI=1S/C12H8BrN3O/c1-7-15-10-3-2-8(6-11(10)17-7)9-4-5-14-12(13)16-9/h2-6H,1H3. The molecule has 5 heteroatoms. The normalized spacial score (nSPS) is 10.9. The van der Waals surface area contributed by atoms with Crippen molar-refractivity contribution in [2.24, 2.45) is 0 Å². The van der Waals surface area contributed by atoms with Crippen LogP contribution in [-0.4, -0.2) is 15.0 Å². The first-order valence-electron chi connectivity index (χ1n) is 5.08. The lowest BCUT2D eigenvalue weighted by Gasteiger charge is -1.99. The predicted octanol–water partition coefficient (Wildman–Crippen LogP) is 3.36. The van der Waals surface area contributed by atoms with Crippen LogP contribution in [0.3, 0.4) is 0 Å². The van der Waals surface area contributed by atoms with Gasteiger partial charge in [-0.25, -0.2) is 15.0 Å². The molecule has 3 aromatic rings. The van der Waals surface area contributed by atoms with Gasteiger partial charge >= 0.3 is 0 Å². The fraction of sp³-hybridized carbons (Fsp3) is 0.0833. The van der Waals surface area contributed by atoms with Gasteiger partial charge in [0.1, 0.15) is 5.52 Å². The lowest BCUT2D eigenvalue weighted by molar-refractivity contribution is 0.561. The maximum absolute atomic E-state index is 5.49. The minimum Gasteiger partial charge on any atom is -0.441 e.